The van der Waals surface area contributed by atoms with Gasteiger partial charge in [-0.15, -0.1) is 0 Å². The highest BCUT2D eigenvalue weighted by Crippen LogP contribution is 2.03. The highest BCUT2D eigenvalue weighted by Gasteiger charge is 2.07. The molecule has 1 aromatic rings. The van der Waals surface area contributed by atoms with Crippen molar-refractivity contribution >= 4 is 5.69 Å². The lowest BCUT2D eigenvalue weighted by atomic mass is 10.3. The molecule has 1 rings (SSSR count). The van der Waals surface area contributed by atoms with Gasteiger partial charge in [0, 0.05) is 27.3 Å². The molecule has 0 aliphatic carbocycles. The van der Waals surface area contributed by atoms with Gasteiger partial charge < -0.3 is 14.7 Å². The Morgan fingerprint density at radius 3 is 2.81 bits per heavy atom. The molecule has 6 heteroatoms. The van der Waals surface area contributed by atoms with Crippen molar-refractivity contribution < 1.29 is 9.84 Å². The van der Waals surface area contributed by atoms with E-state index in [1.165, 1.54) is 17.9 Å². The molecule has 0 radical (unpaired) electrons. The number of hydrogen-bond donors (Lipinski definition) is 1. The molecule has 0 bridgehead atoms. The topological polar surface area (TPSA) is 67.6 Å². The molecule has 90 valence electrons. The van der Waals surface area contributed by atoms with Gasteiger partial charge in [0.25, 0.3) is 5.56 Å². The molecule has 0 amide bonds. The highest BCUT2D eigenvalue weighted by molar-refractivity contribution is 5.40. The van der Waals surface area contributed by atoms with Crippen LogP contribution in [0.1, 0.15) is 0 Å². The number of nitrogens with zero attached hydrogens (tertiary/aromatic N) is 3. The van der Waals surface area contributed by atoms with Crippen LogP contribution in [-0.4, -0.2) is 48.8 Å². The fourth-order valence-electron chi connectivity index (χ4n) is 1.25. The monoisotopic (exact) mass is 227 g/mol. The van der Waals surface area contributed by atoms with Crippen molar-refractivity contribution in [2.24, 2.45) is 0 Å². The van der Waals surface area contributed by atoms with E-state index in [0.717, 1.165) is 5.69 Å². The second-order valence-corrected chi connectivity index (χ2v) is 3.74. The third-order valence-corrected chi connectivity index (χ3v) is 2.11. The minimum Gasteiger partial charge on any atom is -0.389 e. The van der Waals surface area contributed by atoms with Gasteiger partial charge in [0.1, 0.15) is 0 Å². The molecule has 1 aromatic heterocycles. The number of ether oxygens (including phenoxy) is 1. The third kappa shape index (κ3) is 3.32. The molecule has 0 aliphatic heterocycles. The van der Waals surface area contributed by atoms with E-state index in [2.05, 4.69) is 5.10 Å². The molecule has 6 nitrogen and oxygen atoms in total. The first-order valence-electron chi connectivity index (χ1n) is 4.96. The summed E-state index contributed by atoms with van der Waals surface area (Å²) >= 11 is 0. The summed E-state index contributed by atoms with van der Waals surface area (Å²) in [4.78, 5) is 13.4. The quantitative estimate of drug-likeness (QED) is 0.721. The Balaban J connectivity index is 2.79. The molecule has 1 heterocycles. The third-order valence-electron chi connectivity index (χ3n) is 2.11. The molecule has 1 unspecified atom stereocenters. The number of rotatable bonds is 5. The fraction of sp³-hybridized carbons (Fsp3) is 0.600. The lowest BCUT2D eigenvalue weighted by molar-refractivity contribution is 0.0504. The maximum absolute atomic E-state index is 11.6. The first kappa shape index (κ1) is 12.7. The summed E-state index contributed by atoms with van der Waals surface area (Å²) in [5.41, 5.74) is 0.504. The van der Waals surface area contributed by atoms with Crippen molar-refractivity contribution in [2.75, 3.05) is 32.7 Å². The van der Waals surface area contributed by atoms with Crippen LogP contribution in [0.5, 0.6) is 0 Å². The van der Waals surface area contributed by atoms with E-state index in [4.69, 9.17) is 4.74 Å². The van der Waals surface area contributed by atoms with Crippen LogP contribution >= 0.6 is 0 Å². The van der Waals surface area contributed by atoms with Gasteiger partial charge in [-0.05, 0) is 0 Å². The van der Waals surface area contributed by atoms with E-state index >= 15 is 0 Å². The highest BCUT2D eigenvalue weighted by atomic mass is 16.5. The Kier molecular flexibility index (Phi) is 4.45. The van der Waals surface area contributed by atoms with Gasteiger partial charge in [-0.1, -0.05) is 0 Å². The first-order valence-corrected chi connectivity index (χ1v) is 4.96. The van der Waals surface area contributed by atoms with Crippen molar-refractivity contribution in [1.82, 2.24) is 9.78 Å². The standard InChI is InChI=1S/C10H17N3O3/c1-12(2)8-4-10(15)13(11-5-8)6-9(14)7-16-3/h4-5,9,14H,6-7H2,1-3H3. The lowest BCUT2D eigenvalue weighted by Gasteiger charge is -2.14. The van der Waals surface area contributed by atoms with E-state index in [9.17, 15) is 9.90 Å². The van der Waals surface area contributed by atoms with E-state index in [1.807, 2.05) is 14.1 Å². The number of methoxy groups -OCH3 is 1. The van der Waals surface area contributed by atoms with Gasteiger partial charge in [-0.2, -0.15) is 5.10 Å². The summed E-state index contributed by atoms with van der Waals surface area (Å²) in [5, 5.41) is 13.4. The van der Waals surface area contributed by atoms with Crippen LogP contribution in [0.3, 0.4) is 0 Å². The van der Waals surface area contributed by atoms with Gasteiger partial charge in [0.05, 0.1) is 31.1 Å². The summed E-state index contributed by atoms with van der Waals surface area (Å²) in [6.07, 6.45) is 0.862. The number of aromatic nitrogens is 2. The van der Waals surface area contributed by atoms with Crippen LogP contribution < -0.4 is 10.5 Å². The van der Waals surface area contributed by atoms with E-state index in [1.54, 1.807) is 11.1 Å². The van der Waals surface area contributed by atoms with Gasteiger partial charge in [-0.25, -0.2) is 4.68 Å². The van der Waals surface area contributed by atoms with Gasteiger partial charge in [0.2, 0.25) is 0 Å². The minimum atomic E-state index is -0.722. The lowest BCUT2D eigenvalue weighted by Crippen LogP contribution is -2.31. The second kappa shape index (κ2) is 5.62. The summed E-state index contributed by atoms with van der Waals surface area (Å²) < 4.78 is 6.00. The summed E-state index contributed by atoms with van der Waals surface area (Å²) in [7, 11) is 5.16. The zero-order valence-corrected chi connectivity index (χ0v) is 9.75. The smallest absolute Gasteiger partial charge is 0.268 e. The van der Waals surface area contributed by atoms with Crippen molar-refractivity contribution in [3.63, 3.8) is 0 Å². The van der Waals surface area contributed by atoms with Crippen molar-refractivity contribution in [1.29, 1.82) is 0 Å². The van der Waals surface area contributed by atoms with Crippen LogP contribution in [0.2, 0.25) is 0 Å². The SMILES string of the molecule is COCC(O)Cn1ncc(N(C)C)cc1=O. The molecule has 1 N–H and O–H groups in total. The molecular formula is C10H17N3O3. The number of aliphatic hydroxyl groups is 1. The summed E-state index contributed by atoms with van der Waals surface area (Å²) in [6.45, 7) is 0.323. The molecule has 0 fully saturated rings. The van der Waals surface area contributed by atoms with Crippen LogP contribution in [0.4, 0.5) is 5.69 Å². The molecule has 0 saturated carbocycles. The fourth-order valence-corrected chi connectivity index (χ4v) is 1.25. The second-order valence-electron chi connectivity index (χ2n) is 3.74. The predicted molar refractivity (Wildman–Crippen MR) is 60.7 cm³/mol. The average Bonchev–Trinajstić information content (AvgIpc) is 2.21. The first-order chi connectivity index (χ1) is 7.54. The van der Waals surface area contributed by atoms with Crippen molar-refractivity contribution in [3.8, 4) is 0 Å². The Morgan fingerprint density at radius 1 is 1.62 bits per heavy atom. The molecule has 0 aliphatic rings. The van der Waals surface area contributed by atoms with Gasteiger partial charge >= 0.3 is 0 Å². The summed E-state index contributed by atoms with van der Waals surface area (Å²) in [5.74, 6) is 0. The normalized spacial score (nSPS) is 12.5. The molecule has 1 atom stereocenters. The Bertz CT molecular complexity index is 389. The summed E-state index contributed by atoms with van der Waals surface area (Å²) in [6, 6.07) is 1.48. The molecule has 16 heavy (non-hydrogen) atoms. The van der Waals surface area contributed by atoms with Gasteiger partial charge in [0.15, 0.2) is 0 Å². The predicted octanol–water partition coefficient (Wildman–Crippen LogP) is -0.683. The minimum absolute atomic E-state index is 0.139. The zero-order chi connectivity index (χ0) is 12.1. The van der Waals surface area contributed by atoms with Crippen molar-refractivity contribution in [2.45, 2.75) is 12.6 Å². The molecular weight excluding hydrogens is 210 g/mol. The van der Waals surface area contributed by atoms with Gasteiger partial charge in [-0.3, -0.25) is 4.79 Å². The Labute approximate surface area is 94.1 Å². The molecule has 0 saturated heterocycles. The Hall–Kier alpha value is -1.40. The van der Waals surface area contributed by atoms with E-state index < -0.39 is 6.10 Å². The largest absolute Gasteiger partial charge is 0.389 e. The average molecular weight is 227 g/mol. The van der Waals surface area contributed by atoms with E-state index in [-0.39, 0.29) is 18.7 Å². The Morgan fingerprint density at radius 2 is 2.31 bits per heavy atom. The molecule has 0 aromatic carbocycles. The number of anilines is 1. The van der Waals surface area contributed by atoms with Crippen LogP contribution in [-0.2, 0) is 11.3 Å². The number of aliphatic hydroxyl groups excluding tert-OH is 1. The maximum Gasteiger partial charge on any atom is 0.268 e. The van der Waals surface area contributed by atoms with Crippen molar-refractivity contribution in [3.05, 3.63) is 22.6 Å². The van der Waals surface area contributed by atoms with E-state index in [0.29, 0.717) is 0 Å². The van der Waals surface area contributed by atoms with Crippen LogP contribution in [0.25, 0.3) is 0 Å². The molecule has 0 spiro atoms. The van der Waals surface area contributed by atoms with Crippen LogP contribution in [0.15, 0.2) is 17.1 Å². The maximum atomic E-state index is 11.6. The zero-order valence-electron chi connectivity index (χ0n) is 9.75. The van der Waals surface area contributed by atoms with Crippen LogP contribution in [0, 0.1) is 0 Å². The number of hydrogen-bond acceptors (Lipinski definition) is 5.